The fourth-order valence-electron chi connectivity index (χ4n) is 0. The smallest absolute Gasteiger partial charge is 0.400 e. The number of aliphatic hydroxyl groups is 2. The Morgan fingerprint density at radius 1 is 1.00 bits per heavy atom. The first-order valence-corrected chi connectivity index (χ1v) is 3.62. The van der Waals surface area contributed by atoms with Gasteiger partial charge < -0.3 is 10.2 Å². The van der Waals surface area contributed by atoms with Gasteiger partial charge in [0.1, 0.15) is 0 Å². The first kappa shape index (κ1) is 17.6. The molecule has 9 heteroatoms. The monoisotopic (exact) mass is 214 g/mol. The highest BCUT2D eigenvalue weighted by Crippen LogP contribution is 2.20. The molecule has 0 saturated heterocycles. The molecule has 0 aliphatic rings. The third-order valence-corrected chi connectivity index (χ3v) is 0.877. The first-order valence-electron chi connectivity index (χ1n) is 2.18. The zero-order valence-corrected chi connectivity index (χ0v) is 7.02. The summed E-state index contributed by atoms with van der Waals surface area (Å²) < 4.78 is 57.5. The van der Waals surface area contributed by atoms with E-state index in [4.69, 9.17) is 23.2 Å². The molecule has 0 radical (unpaired) electrons. The fourth-order valence-corrected chi connectivity index (χ4v) is 0. The van der Waals surface area contributed by atoms with Crippen LogP contribution in [0, 0.1) is 0 Å². The molecule has 0 fully saturated rings. The van der Waals surface area contributed by atoms with Gasteiger partial charge in [0.15, 0.2) is 0 Å². The van der Waals surface area contributed by atoms with Gasteiger partial charge in [-0.05, 0) is 0 Å². The van der Waals surface area contributed by atoms with E-state index in [0.717, 1.165) is 14.2 Å². The maximum Gasteiger partial charge on any atom is 0.522 e. The molecule has 0 aliphatic carbocycles. The Kier molecular flexibility index (Phi) is 10.7. The van der Waals surface area contributed by atoms with Gasteiger partial charge in [-0.1, -0.05) is 0 Å². The molecule has 0 aromatic rings. The van der Waals surface area contributed by atoms with Gasteiger partial charge in [0.05, 0.1) is 0 Å². The molecule has 12 heavy (non-hydrogen) atoms. The summed E-state index contributed by atoms with van der Waals surface area (Å²) in [5.41, 5.74) is -5.53. The van der Waals surface area contributed by atoms with E-state index < -0.39 is 15.6 Å². The van der Waals surface area contributed by atoms with Crippen molar-refractivity contribution < 1.29 is 36.4 Å². The van der Waals surface area contributed by atoms with Crippen LogP contribution in [-0.2, 0) is 10.1 Å². The molecule has 0 aliphatic heterocycles. The molecule has 0 aromatic heterocycles. The SMILES string of the molecule is CO.CO.O=S(=O)(O)C(F)(F)F. The van der Waals surface area contributed by atoms with Crippen LogP contribution in [0.5, 0.6) is 0 Å². The van der Waals surface area contributed by atoms with E-state index in [9.17, 15) is 13.2 Å². The maximum atomic E-state index is 10.7. The van der Waals surface area contributed by atoms with E-state index >= 15 is 0 Å². The Labute approximate surface area is 67.2 Å². The van der Waals surface area contributed by atoms with Gasteiger partial charge in [0.25, 0.3) is 0 Å². The lowest BCUT2D eigenvalue weighted by Crippen LogP contribution is -2.21. The average Bonchev–Trinajstić information content (AvgIpc) is 1.92. The van der Waals surface area contributed by atoms with Crippen LogP contribution >= 0.6 is 0 Å². The van der Waals surface area contributed by atoms with E-state index in [1.54, 1.807) is 0 Å². The largest absolute Gasteiger partial charge is 0.522 e. The van der Waals surface area contributed by atoms with Crippen molar-refractivity contribution in [3.63, 3.8) is 0 Å². The molecule has 3 N–H and O–H groups in total. The normalized spacial score (nSPS) is 10.3. The second-order valence-electron chi connectivity index (χ2n) is 0.921. The summed E-state index contributed by atoms with van der Waals surface area (Å²) >= 11 is 0. The number of halogens is 3. The van der Waals surface area contributed by atoms with Crippen LogP contribution in [0.3, 0.4) is 0 Å². The zero-order valence-electron chi connectivity index (χ0n) is 6.20. The van der Waals surface area contributed by atoms with Crippen LogP contribution in [-0.4, -0.2) is 42.9 Å². The molecule has 0 spiro atoms. The van der Waals surface area contributed by atoms with Crippen molar-refractivity contribution in [1.82, 2.24) is 0 Å². The third kappa shape index (κ3) is 9.62. The van der Waals surface area contributed by atoms with Crippen LogP contribution < -0.4 is 0 Å². The molecule has 0 unspecified atom stereocenters. The number of alkyl halides is 3. The summed E-state index contributed by atoms with van der Waals surface area (Å²) in [5, 5.41) is 14.0. The van der Waals surface area contributed by atoms with Crippen LogP contribution in [0.4, 0.5) is 13.2 Å². The van der Waals surface area contributed by atoms with E-state index in [-0.39, 0.29) is 0 Å². The number of rotatable bonds is 0. The molecule has 0 bridgehead atoms. The number of aliphatic hydroxyl groups excluding tert-OH is 2. The standard InChI is InChI=1S/CHF3O3S.2CH4O/c2-1(3,4)8(5,6)7;2*1-2/h(H,5,6,7);2*2H,1H3. The van der Waals surface area contributed by atoms with Crippen molar-refractivity contribution in [2.24, 2.45) is 0 Å². The molecular weight excluding hydrogens is 205 g/mol. The molecule has 78 valence electrons. The van der Waals surface area contributed by atoms with Crippen molar-refractivity contribution in [2.75, 3.05) is 14.2 Å². The number of hydrogen-bond acceptors (Lipinski definition) is 4. The number of hydrogen-bond donors (Lipinski definition) is 3. The van der Waals surface area contributed by atoms with Crippen molar-refractivity contribution in [3.8, 4) is 0 Å². The van der Waals surface area contributed by atoms with Crippen molar-refractivity contribution in [2.45, 2.75) is 5.51 Å². The van der Waals surface area contributed by atoms with Gasteiger partial charge in [-0.25, -0.2) is 0 Å². The van der Waals surface area contributed by atoms with Crippen LogP contribution in [0.25, 0.3) is 0 Å². The molecule has 0 rings (SSSR count). The molecule has 5 nitrogen and oxygen atoms in total. The predicted octanol–water partition coefficient (Wildman–Crippen LogP) is -0.389. The minimum Gasteiger partial charge on any atom is -0.400 e. The lowest BCUT2D eigenvalue weighted by Gasteiger charge is -1.97. The van der Waals surface area contributed by atoms with Crippen molar-refractivity contribution in [1.29, 1.82) is 0 Å². The lowest BCUT2D eigenvalue weighted by atomic mass is 11.6. The van der Waals surface area contributed by atoms with E-state index in [0.29, 0.717) is 0 Å². The van der Waals surface area contributed by atoms with Crippen molar-refractivity contribution in [3.05, 3.63) is 0 Å². The summed E-state index contributed by atoms with van der Waals surface area (Å²) in [7, 11) is -3.84. The van der Waals surface area contributed by atoms with Gasteiger partial charge in [-0.2, -0.15) is 21.6 Å². The average molecular weight is 214 g/mol. The summed E-state index contributed by atoms with van der Waals surface area (Å²) in [6.45, 7) is 0. The van der Waals surface area contributed by atoms with Crippen molar-refractivity contribution >= 4 is 10.1 Å². The predicted molar refractivity (Wildman–Crippen MR) is 33.9 cm³/mol. The Morgan fingerprint density at radius 2 is 1.08 bits per heavy atom. The fraction of sp³-hybridized carbons (Fsp3) is 1.00. The molecular formula is C3H9F3O5S. The Bertz CT molecular complexity index is 171. The minimum absolute atomic E-state index is 1.00. The van der Waals surface area contributed by atoms with E-state index in [1.165, 1.54) is 0 Å². The third-order valence-electron chi connectivity index (χ3n) is 0.292. The highest BCUT2D eigenvalue weighted by molar-refractivity contribution is 7.86. The van der Waals surface area contributed by atoms with E-state index in [2.05, 4.69) is 0 Å². The Morgan fingerprint density at radius 3 is 1.08 bits per heavy atom. The second kappa shape index (κ2) is 7.28. The van der Waals surface area contributed by atoms with Gasteiger partial charge in [0, 0.05) is 14.2 Å². The molecule has 0 amide bonds. The highest BCUT2D eigenvalue weighted by Gasteiger charge is 2.44. The highest BCUT2D eigenvalue weighted by atomic mass is 32.2. The van der Waals surface area contributed by atoms with Crippen LogP contribution in [0.1, 0.15) is 0 Å². The van der Waals surface area contributed by atoms with E-state index in [1.807, 2.05) is 0 Å². The zero-order chi connectivity index (χ0) is 11.0. The van der Waals surface area contributed by atoms with Crippen LogP contribution in [0.15, 0.2) is 0 Å². The minimum atomic E-state index is -5.84. The molecule has 0 heterocycles. The Hall–Kier alpha value is -0.380. The summed E-state index contributed by atoms with van der Waals surface area (Å²) in [6, 6.07) is 0. The van der Waals surface area contributed by atoms with Crippen LogP contribution in [0.2, 0.25) is 0 Å². The summed E-state index contributed by atoms with van der Waals surface area (Å²) in [4.78, 5) is 0. The van der Waals surface area contributed by atoms with Gasteiger partial charge in [-0.15, -0.1) is 0 Å². The first-order chi connectivity index (χ1) is 5.25. The topological polar surface area (TPSA) is 94.8 Å². The Balaban J connectivity index is -0.000000175. The molecule has 0 aromatic carbocycles. The van der Waals surface area contributed by atoms with Gasteiger partial charge >= 0.3 is 15.6 Å². The summed E-state index contributed by atoms with van der Waals surface area (Å²) in [6.07, 6.45) is 0. The quantitative estimate of drug-likeness (QED) is 0.377. The second-order valence-corrected chi connectivity index (χ2v) is 2.33. The lowest BCUT2D eigenvalue weighted by molar-refractivity contribution is -0.0510. The maximum absolute atomic E-state index is 10.7. The molecule has 0 atom stereocenters. The molecule has 0 saturated carbocycles. The van der Waals surface area contributed by atoms with Gasteiger partial charge in [0.2, 0.25) is 0 Å². The van der Waals surface area contributed by atoms with Gasteiger partial charge in [-0.3, -0.25) is 4.55 Å². The summed E-state index contributed by atoms with van der Waals surface area (Å²) in [5.74, 6) is 0.